The number of nitrogens with zero attached hydrogens (tertiary/aromatic N) is 3. The molecule has 146 valence electrons. The molecule has 3 aromatic rings. The van der Waals surface area contributed by atoms with E-state index in [1.807, 2.05) is 22.7 Å². The van der Waals surface area contributed by atoms with Crippen LogP contribution in [0.3, 0.4) is 0 Å². The van der Waals surface area contributed by atoms with Crippen molar-refractivity contribution >= 4 is 11.6 Å². The summed E-state index contributed by atoms with van der Waals surface area (Å²) in [6.45, 7) is 5.64. The Bertz CT molecular complexity index is 1020. The molecule has 4 rings (SSSR count). The van der Waals surface area contributed by atoms with E-state index in [2.05, 4.69) is 35.9 Å². The molecule has 0 radical (unpaired) electrons. The molecule has 1 saturated heterocycles. The Hall–Kier alpha value is -2.86. The van der Waals surface area contributed by atoms with Gasteiger partial charge in [-0.3, -0.25) is 14.1 Å². The van der Waals surface area contributed by atoms with Gasteiger partial charge in [0, 0.05) is 23.8 Å². The maximum atomic E-state index is 12.1. The molecule has 0 saturated carbocycles. The van der Waals surface area contributed by atoms with Crippen molar-refractivity contribution in [1.82, 2.24) is 14.3 Å². The number of rotatable bonds is 5. The van der Waals surface area contributed by atoms with Crippen molar-refractivity contribution in [3.63, 3.8) is 0 Å². The van der Waals surface area contributed by atoms with Crippen LogP contribution in [0.25, 0.3) is 16.9 Å². The summed E-state index contributed by atoms with van der Waals surface area (Å²) in [7, 11) is 1.54. The second-order valence-corrected chi connectivity index (χ2v) is 7.57. The van der Waals surface area contributed by atoms with Crippen LogP contribution >= 0.6 is 0 Å². The summed E-state index contributed by atoms with van der Waals surface area (Å²) >= 11 is 0. The first-order valence-corrected chi connectivity index (χ1v) is 9.71. The lowest BCUT2D eigenvalue weighted by Crippen LogP contribution is -2.30. The van der Waals surface area contributed by atoms with E-state index >= 15 is 0 Å². The van der Waals surface area contributed by atoms with Gasteiger partial charge in [-0.15, -0.1) is 0 Å². The van der Waals surface area contributed by atoms with Crippen molar-refractivity contribution in [1.29, 1.82) is 0 Å². The molecule has 1 aliphatic rings. The normalized spacial score (nSPS) is 17.5. The molecular formula is C22H26N4O2. The lowest BCUT2D eigenvalue weighted by Gasteiger charge is -2.28. The number of hydrogen-bond donors (Lipinski definition) is 1. The molecule has 6 nitrogen and oxygen atoms in total. The van der Waals surface area contributed by atoms with Crippen LogP contribution in [0.4, 0.5) is 0 Å². The predicted octanol–water partition coefficient (Wildman–Crippen LogP) is 3.65. The van der Waals surface area contributed by atoms with Crippen molar-refractivity contribution in [2.75, 3.05) is 13.7 Å². The number of primary amides is 1. The smallest absolute Gasteiger partial charge is 0.253 e. The van der Waals surface area contributed by atoms with Gasteiger partial charge in [0.2, 0.25) is 0 Å². The van der Waals surface area contributed by atoms with Gasteiger partial charge in [0.05, 0.1) is 24.6 Å². The monoisotopic (exact) mass is 378 g/mol. The topological polar surface area (TPSA) is 72.9 Å². The molecule has 3 heterocycles. The van der Waals surface area contributed by atoms with Crippen molar-refractivity contribution in [2.45, 2.75) is 38.8 Å². The van der Waals surface area contributed by atoms with Crippen LogP contribution in [0.5, 0.6) is 5.75 Å². The van der Waals surface area contributed by atoms with Gasteiger partial charge >= 0.3 is 0 Å². The highest BCUT2D eigenvalue weighted by molar-refractivity contribution is 6.02. The number of fused-ring (bicyclic) bond motifs is 1. The molecule has 6 heteroatoms. The Labute approximate surface area is 164 Å². The van der Waals surface area contributed by atoms with Gasteiger partial charge in [0.25, 0.3) is 5.91 Å². The summed E-state index contributed by atoms with van der Waals surface area (Å²) in [5.41, 5.74) is 9.70. The van der Waals surface area contributed by atoms with Crippen LogP contribution < -0.4 is 10.5 Å². The van der Waals surface area contributed by atoms with Crippen LogP contribution in [0, 0.1) is 0 Å². The zero-order valence-electron chi connectivity index (χ0n) is 16.6. The van der Waals surface area contributed by atoms with Gasteiger partial charge in [-0.1, -0.05) is 12.1 Å². The maximum Gasteiger partial charge on any atom is 0.253 e. The number of carbonyl (C=O) groups excluding carboxylic acids is 1. The third-order valence-corrected chi connectivity index (χ3v) is 5.65. The number of aromatic nitrogens is 2. The van der Waals surface area contributed by atoms with Gasteiger partial charge in [0.15, 0.2) is 0 Å². The standard InChI is InChI=1S/C22H26N4O2/c1-14(2)25-10-5-7-17(25)15-9-11-26-18(13-24-20(26)12-15)16-6-4-8-19(28-3)21(16)22(23)27/h4,6,8-9,11-14,17H,5,7,10H2,1-3H3,(H2,23,27). The first kappa shape index (κ1) is 18.5. The summed E-state index contributed by atoms with van der Waals surface area (Å²) in [5.74, 6) is -0.0485. The van der Waals surface area contributed by atoms with E-state index in [1.165, 1.54) is 25.5 Å². The Kier molecular flexibility index (Phi) is 4.81. The predicted molar refractivity (Wildman–Crippen MR) is 110 cm³/mol. The molecule has 1 aromatic carbocycles. The first-order chi connectivity index (χ1) is 13.5. The van der Waals surface area contributed by atoms with Crippen molar-refractivity contribution in [2.24, 2.45) is 5.73 Å². The van der Waals surface area contributed by atoms with Gasteiger partial charge in [-0.05, 0) is 57.0 Å². The average molecular weight is 378 g/mol. The fraction of sp³-hybridized carbons (Fsp3) is 0.364. The Morgan fingerprint density at radius 3 is 2.86 bits per heavy atom. The minimum atomic E-state index is -0.516. The van der Waals surface area contributed by atoms with E-state index < -0.39 is 5.91 Å². The van der Waals surface area contributed by atoms with Crippen LogP contribution in [-0.4, -0.2) is 39.9 Å². The third kappa shape index (κ3) is 3.03. The number of pyridine rings is 1. The number of methoxy groups -OCH3 is 1. The van der Waals surface area contributed by atoms with E-state index in [0.29, 0.717) is 23.4 Å². The number of likely N-dealkylation sites (tertiary alicyclic amines) is 1. The molecule has 0 bridgehead atoms. The fourth-order valence-electron chi connectivity index (χ4n) is 4.34. The molecule has 0 spiro atoms. The highest BCUT2D eigenvalue weighted by atomic mass is 16.5. The number of nitrogens with two attached hydrogens (primary N) is 1. The third-order valence-electron chi connectivity index (χ3n) is 5.65. The Balaban J connectivity index is 1.79. The highest BCUT2D eigenvalue weighted by Crippen LogP contribution is 2.35. The fourth-order valence-corrected chi connectivity index (χ4v) is 4.34. The number of hydrogen-bond acceptors (Lipinski definition) is 4. The van der Waals surface area contributed by atoms with E-state index in [9.17, 15) is 4.79 Å². The summed E-state index contributed by atoms with van der Waals surface area (Å²) in [6, 6.07) is 10.7. The van der Waals surface area contributed by atoms with Crippen molar-refractivity contribution < 1.29 is 9.53 Å². The first-order valence-electron chi connectivity index (χ1n) is 9.71. The summed E-state index contributed by atoms with van der Waals surface area (Å²) in [4.78, 5) is 19.2. The van der Waals surface area contributed by atoms with Gasteiger partial charge in [-0.2, -0.15) is 0 Å². The zero-order valence-corrected chi connectivity index (χ0v) is 16.6. The maximum absolute atomic E-state index is 12.1. The van der Waals surface area contributed by atoms with E-state index in [-0.39, 0.29) is 0 Å². The highest BCUT2D eigenvalue weighted by Gasteiger charge is 2.28. The number of benzene rings is 1. The Morgan fingerprint density at radius 2 is 2.14 bits per heavy atom. The number of amides is 1. The quantitative estimate of drug-likeness (QED) is 0.735. The molecule has 1 atom stereocenters. The second-order valence-electron chi connectivity index (χ2n) is 7.57. The van der Waals surface area contributed by atoms with Crippen molar-refractivity contribution in [3.05, 3.63) is 53.9 Å². The number of imidazole rings is 1. The second kappa shape index (κ2) is 7.28. The van der Waals surface area contributed by atoms with Crippen LogP contribution in [0.2, 0.25) is 0 Å². The summed E-state index contributed by atoms with van der Waals surface area (Å²) in [5, 5.41) is 0. The lowest BCUT2D eigenvalue weighted by atomic mass is 10.0. The molecule has 28 heavy (non-hydrogen) atoms. The average Bonchev–Trinajstić information content (AvgIpc) is 3.33. The molecule has 1 aliphatic heterocycles. The minimum absolute atomic E-state index is 0.373. The Morgan fingerprint density at radius 1 is 1.32 bits per heavy atom. The summed E-state index contributed by atoms with van der Waals surface area (Å²) in [6.07, 6.45) is 6.21. The van der Waals surface area contributed by atoms with Gasteiger partial charge < -0.3 is 10.5 Å². The van der Waals surface area contributed by atoms with E-state index in [0.717, 1.165) is 23.4 Å². The molecule has 1 amide bonds. The molecular weight excluding hydrogens is 352 g/mol. The number of carbonyl (C=O) groups is 1. The molecule has 1 unspecified atom stereocenters. The minimum Gasteiger partial charge on any atom is -0.496 e. The van der Waals surface area contributed by atoms with Crippen LogP contribution in [0.1, 0.15) is 48.7 Å². The molecule has 1 fully saturated rings. The lowest BCUT2D eigenvalue weighted by molar-refractivity contribution is 0.0998. The van der Waals surface area contributed by atoms with Gasteiger partial charge in [0.1, 0.15) is 11.4 Å². The SMILES string of the molecule is COc1cccc(-c2cnc3cc(C4CCCN4C(C)C)ccn23)c1C(N)=O. The molecule has 2 N–H and O–H groups in total. The van der Waals surface area contributed by atoms with Crippen LogP contribution in [0.15, 0.2) is 42.7 Å². The summed E-state index contributed by atoms with van der Waals surface area (Å²) < 4.78 is 7.34. The van der Waals surface area contributed by atoms with Gasteiger partial charge in [-0.25, -0.2) is 4.98 Å². The van der Waals surface area contributed by atoms with E-state index in [1.54, 1.807) is 12.3 Å². The number of ether oxygens (including phenoxy) is 1. The van der Waals surface area contributed by atoms with Crippen LogP contribution in [-0.2, 0) is 0 Å². The van der Waals surface area contributed by atoms with E-state index in [4.69, 9.17) is 10.5 Å². The molecule has 0 aliphatic carbocycles. The molecule has 2 aromatic heterocycles. The zero-order chi connectivity index (χ0) is 19.8. The largest absolute Gasteiger partial charge is 0.496 e. The van der Waals surface area contributed by atoms with Crippen molar-refractivity contribution in [3.8, 4) is 17.0 Å².